The Morgan fingerprint density at radius 2 is 1.50 bits per heavy atom. The summed E-state index contributed by atoms with van der Waals surface area (Å²) in [6.07, 6.45) is 0. The molecule has 0 aromatic carbocycles. The summed E-state index contributed by atoms with van der Waals surface area (Å²) in [5, 5.41) is 0. The van der Waals surface area contributed by atoms with Crippen molar-refractivity contribution in [1.29, 1.82) is 0 Å². The zero-order chi connectivity index (χ0) is 9.98. The van der Waals surface area contributed by atoms with E-state index in [1.165, 1.54) is 0 Å². The minimum absolute atomic E-state index is 0.0741. The second-order valence-corrected chi connectivity index (χ2v) is 3.47. The average Bonchev–Trinajstić information content (AvgIpc) is 2.16. The van der Waals surface area contributed by atoms with Gasteiger partial charge in [-0.1, -0.05) is 13.8 Å². The van der Waals surface area contributed by atoms with Crippen molar-refractivity contribution >= 4 is 10.2 Å². The first-order valence-electron chi connectivity index (χ1n) is 4.36. The summed E-state index contributed by atoms with van der Waals surface area (Å²) in [7, 11) is 6.34. The van der Waals surface area contributed by atoms with Gasteiger partial charge >= 0.3 is 0 Å². The third-order valence-corrected chi connectivity index (χ3v) is 2.69. The van der Waals surface area contributed by atoms with Gasteiger partial charge in [0, 0.05) is 14.2 Å². The first-order chi connectivity index (χ1) is 5.62. The zero-order valence-electron chi connectivity index (χ0n) is 9.26. The highest BCUT2D eigenvalue weighted by molar-refractivity contribution is 6.09. The van der Waals surface area contributed by atoms with Crippen LogP contribution in [0.2, 0.25) is 0 Å². The smallest absolute Gasteiger partial charge is 0.130 e. The summed E-state index contributed by atoms with van der Waals surface area (Å²) in [6, 6.07) is 0. The molecule has 0 fully saturated rings. The van der Waals surface area contributed by atoms with E-state index < -0.39 is 0 Å². The summed E-state index contributed by atoms with van der Waals surface area (Å²) < 4.78 is 9.48. The predicted molar refractivity (Wildman–Crippen MR) is 56.6 cm³/mol. The van der Waals surface area contributed by atoms with Crippen LogP contribution in [-0.2, 0) is 9.47 Å². The molecule has 0 saturated carbocycles. The molecular weight excluding hydrogens is 170 g/mol. The van der Waals surface area contributed by atoms with Crippen molar-refractivity contribution in [2.24, 2.45) is 0 Å². The van der Waals surface area contributed by atoms with E-state index in [4.69, 9.17) is 9.47 Å². The van der Waals surface area contributed by atoms with Gasteiger partial charge in [0.2, 0.25) is 0 Å². The second kappa shape index (κ2) is 11.1. The third kappa shape index (κ3) is 12.7. The molecule has 0 aromatic rings. The monoisotopic (exact) mass is 193 g/mol. The predicted octanol–water partition coefficient (Wildman–Crippen LogP) is -0.114. The van der Waals surface area contributed by atoms with Gasteiger partial charge in [-0.25, -0.2) is 0 Å². The molecule has 76 valence electrons. The molecule has 12 heavy (non-hydrogen) atoms. The summed E-state index contributed by atoms with van der Waals surface area (Å²) in [5.41, 5.74) is 0. The summed E-state index contributed by atoms with van der Waals surface area (Å²) >= 11 is 0. The van der Waals surface area contributed by atoms with Crippen molar-refractivity contribution in [1.82, 2.24) is 4.90 Å². The van der Waals surface area contributed by atoms with Crippen LogP contribution in [0.3, 0.4) is 0 Å². The Labute approximate surface area is 79.5 Å². The van der Waals surface area contributed by atoms with Crippen LogP contribution in [0.5, 0.6) is 0 Å². The van der Waals surface area contributed by atoms with Gasteiger partial charge < -0.3 is 14.4 Å². The van der Waals surface area contributed by atoms with Crippen LogP contribution in [-0.4, -0.2) is 55.4 Å². The molecular formula is C8H23NO2Si. The quantitative estimate of drug-likeness (QED) is 0.459. The first-order valence-corrected chi connectivity index (χ1v) is 5.51. The third-order valence-electron chi connectivity index (χ3n) is 1.74. The Kier molecular flexibility index (Phi) is 13.5. The van der Waals surface area contributed by atoms with E-state index >= 15 is 0 Å². The number of methoxy groups -OCH3 is 2. The first kappa shape index (κ1) is 14.6. The second-order valence-electron chi connectivity index (χ2n) is 2.53. The van der Waals surface area contributed by atoms with Crippen molar-refractivity contribution in [2.75, 3.05) is 34.4 Å². The SMILES string of the molecule is CCN(C)CC.COC([SiH3])OC. The molecule has 0 spiro atoms. The highest BCUT2D eigenvalue weighted by Gasteiger charge is 1.87. The van der Waals surface area contributed by atoms with Crippen molar-refractivity contribution < 1.29 is 9.47 Å². The number of hydrogen-bond acceptors (Lipinski definition) is 3. The van der Waals surface area contributed by atoms with Gasteiger partial charge in [0.05, 0.1) is 10.2 Å². The van der Waals surface area contributed by atoms with E-state index in [1.54, 1.807) is 14.2 Å². The van der Waals surface area contributed by atoms with Gasteiger partial charge in [-0.15, -0.1) is 0 Å². The molecule has 0 saturated heterocycles. The lowest BCUT2D eigenvalue weighted by atomic mass is 10.6. The Morgan fingerprint density at radius 3 is 1.50 bits per heavy atom. The molecule has 0 rings (SSSR count). The van der Waals surface area contributed by atoms with Crippen LogP contribution in [0.4, 0.5) is 0 Å². The maximum absolute atomic E-state index is 4.74. The van der Waals surface area contributed by atoms with Crippen molar-refractivity contribution in [3.05, 3.63) is 0 Å². The highest BCUT2D eigenvalue weighted by Crippen LogP contribution is 1.77. The molecule has 0 aliphatic rings. The topological polar surface area (TPSA) is 21.7 Å². The molecule has 0 amide bonds. The number of rotatable bonds is 4. The van der Waals surface area contributed by atoms with Gasteiger partial charge in [0.25, 0.3) is 0 Å². The van der Waals surface area contributed by atoms with Crippen molar-refractivity contribution in [3.8, 4) is 0 Å². The van der Waals surface area contributed by atoms with Crippen LogP contribution in [0.25, 0.3) is 0 Å². The zero-order valence-corrected chi connectivity index (χ0v) is 11.3. The highest BCUT2D eigenvalue weighted by atomic mass is 28.1. The number of nitrogens with zero attached hydrogens (tertiary/aromatic N) is 1. The van der Waals surface area contributed by atoms with Gasteiger partial charge in [-0.2, -0.15) is 0 Å². The van der Waals surface area contributed by atoms with Gasteiger partial charge in [-0.05, 0) is 20.1 Å². The van der Waals surface area contributed by atoms with E-state index in [2.05, 4.69) is 25.8 Å². The van der Waals surface area contributed by atoms with Gasteiger partial charge in [0.15, 0.2) is 0 Å². The standard InChI is InChI=1S/C5H13N.C3H10O2Si/c1-4-6(3)5-2;1-4-3(6)5-2/h4-5H2,1-3H3;3H,1-2,6H3. The molecule has 4 heteroatoms. The average molecular weight is 193 g/mol. The van der Waals surface area contributed by atoms with E-state index in [0.29, 0.717) is 0 Å². The van der Waals surface area contributed by atoms with Crippen LogP contribution in [0.15, 0.2) is 0 Å². The van der Waals surface area contributed by atoms with E-state index in [9.17, 15) is 0 Å². The minimum atomic E-state index is 0.0741. The Morgan fingerprint density at radius 1 is 1.17 bits per heavy atom. The van der Waals surface area contributed by atoms with Crippen molar-refractivity contribution in [3.63, 3.8) is 0 Å². The summed E-state index contributed by atoms with van der Waals surface area (Å²) in [5.74, 6) is 0.0741. The molecule has 0 unspecified atom stereocenters. The van der Waals surface area contributed by atoms with E-state index in [0.717, 1.165) is 23.3 Å². The molecule has 0 N–H and O–H groups in total. The molecule has 0 bridgehead atoms. The molecule has 0 radical (unpaired) electrons. The maximum Gasteiger partial charge on any atom is 0.130 e. The van der Waals surface area contributed by atoms with Crippen LogP contribution in [0.1, 0.15) is 13.8 Å². The number of ether oxygens (including phenoxy) is 2. The Balaban J connectivity index is 0. The molecule has 0 aliphatic carbocycles. The fourth-order valence-electron chi connectivity index (χ4n) is 0.320. The van der Waals surface area contributed by atoms with Crippen LogP contribution < -0.4 is 0 Å². The van der Waals surface area contributed by atoms with E-state index in [1.807, 2.05) is 0 Å². The fourth-order valence-corrected chi connectivity index (χ4v) is 0.320. The Bertz CT molecular complexity index is 65.5. The normalized spacial score (nSPS) is 10.2. The van der Waals surface area contributed by atoms with Crippen LogP contribution in [0, 0.1) is 0 Å². The van der Waals surface area contributed by atoms with E-state index in [-0.39, 0.29) is 5.91 Å². The summed E-state index contributed by atoms with van der Waals surface area (Å²) in [6.45, 7) is 6.64. The molecule has 0 aliphatic heterocycles. The summed E-state index contributed by atoms with van der Waals surface area (Å²) in [4.78, 5) is 2.25. The minimum Gasteiger partial charge on any atom is -0.361 e. The molecule has 0 heterocycles. The number of hydrogen-bond donors (Lipinski definition) is 0. The molecule has 3 nitrogen and oxygen atoms in total. The molecule has 0 atom stereocenters. The Hall–Kier alpha value is 0.0969. The van der Waals surface area contributed by atoms with Gasteiger partial charge in [-0.3, -0.25) is 0 Å². The van der Waals surface area contributed by atoms with Gasteiger partial charge in [0.1, 0.15) is 5.91 Å². The lowest BCUT2D eigenvalue weighted by Crippen LogP contribution is -2.15. The fraction of sp³-hybridized carbons (Fsp3) is 1.00. The lowest BCUT2D eigenvalue weighted by Gasteiger charge is -2.07. The van der Waals surface area contributed by atoms with Crippen molar-refractivity contribution in [2.45, 2.75) is 19.8 Å². The molecule has 0 aromatic heterocycles. The maximum atomic E-state index is 4.74. The largest absolute Gasteiger partial charge is 0.361 e. The van der Waals surface area contributed by atoms with Crippen LogP contribution >= 0.6 is 0 Å². The lowest BCUT2D eigenvalue weighted by molar-refractivity contribution is -0.0411.